The lowest BCUT2D eigenvalue weighted by molar-refractivity contribution is 0.0953. The minimum absolute atomic E-state index is 0.109. The Hall–Kier alpha value is -3.14. The summed E-state index contributed by atoms with van der Waals surface area (Å²) in [6, 6.07) is 21.2. The SMILES string of the molecule is Cc1cccc(COc2cccc(C(=O)NCCc3ccccn3)c2)c1. The number of hydrogen-bond donors (Lipinski definition) is 1. The molecule has 0 atom stereocenters. The van der Waals surface area contributed by atoms with Gasteiger partial charge in [-0.15, -0.1) is 0 Å². The molecule has 0 aliphatic rings. The van der Waals surface area contributed by atoms with Crippen LogP contribution in [0.4, 0.5) is 0 Å². The fourth-order valence-electron chi connectivity index (χ4n) is 2.65. The van der Waals surface area contributed by atoms with Crippen LogP contribution in [-0.2, 0) is 13.0 Å². The van der Waals surface area contributed by atoms with E-state index in [1.807, 2.05) is 42.5 Å². The highest BCUT2D eigenvalue weighted by Gasteiger charge is 2.07. The predicted molar refractivity (Wildman–Crippen MR) is 102 cm³/mol. The first-order valence-corrected chi connectivity index (χ1v) is 8.67. The molecular formula is C22H22N2O2. The quantitative estimate of drug-likeness (QED) is 0.705. The van der Waals surface area contributed by atoms with Crippen LogP contribution in [0.1, 0.15) is 27.2 Å². The third-order valence-electron chi connectivity index (χ3n) is 3.98. The van der Waals surface area contributed by atoms with Crippen molar-refractivity contribution in [2.24, 2.45) is 0 Å². The maximum absolute atomic E-state index is 12.3. The van der Waals surface area contributed by atoms with Gasteiger partial charge in [-0.3, -0.25) is 9.78 Å². The van der Waals surface area contributed by atoms with Crippen molar-refractivity contribution in [1.82, 2.24) is 10.3 Å². The Morgan fingerprint density at radius 1 is 1.04 bits per heavy atom. The van der Waals surface area contributed by atoms with E-state index in [9.17, 15) is 4.79 Å². The fraction of sp³-hybridized carbons (Fsp3) is 0.182. The second-order valence-electron chi connectivity index (χ2n) is 6.13. The van der Waals surface area contributed by atoms with Gasteiger partial charge in [0.2, 0.25) is 0 Å². The van der Waals surface area contributed by atoms with E-state index in [1.54, 1.807) is 18.3 Å². The van der Waals surface area contributed by atoms with Gasteiger partial charge in [0.25, 0.3) is 5.91 Å². The maximum atomic E-state index is 12.3. The number of carbonyl (C=O) groups excluding carboxylic acids is 1. The Kier molecular flexibility index (Phi) is 5.99. The Balaban J connectivity index is 1.53. The van der Waals surface area contributed by atoms with Crippen LogP contribution in [0, 0.1) is 6.92 Å². The van der Waals surface area contributed by atoms with Gasteiger partial charge in [-0.25, -0.2) is 0 Å². The van der Waals surface area contributed by atoms with Crippen molar-refractivity contribution < 1.29 is 9.53 Å². The number of carbonyl (C=O) groups is 1. The summed E-state index contributed by atoms with van der Waals surface area (Å²) in [6.07, 6.45) is 2.46. The molecule has 1 N–H and O–H groups in total. The van der Waals surface area contributed by atoms with Crippen molar-refractivity contribution in [3.05, 3.63) is 95.3 Å². The molecule has 0 aliphatic heterocycles. The number of aryl methyl sites for hydroxylation is 1. The Labute approximate surface area is 153 Å². The van der Waals surface area contributed by atoms with E-state index in [1.165, 1.54) is 5.56 Å². The molecule has 26 heavy (non-hydrogen) atoms. The molecule has 1 heterocycles. The molecule has 4 heteroatoms. The second-order valence-corrected chi connectivity index (χ2v) is 6.13. The maximum Gasteiger partial charge on any atom is 0.251 e. The molecule has 0 spiro atoms. The number of benzene rings is 2. The van der Waals surface area contributed by atoms with Gasteiger partial charge in [0, 0.05) is 30.4 Å². The molecular weight excluding hydrogens is 324 g/mol. The second kappa shape index (κ2) is 8.81. The molecule has 0 fully saturated rings. The Bertz CT molecular complexity index is 863. The molecule has 4 nitrogen and oxygen atoms in total. The van der Waals surface area contributed by atoms with Crippen molar-refractivity contribution in [3.8, 4) is 5.75 Å². The first-order chi connectivity index (χ1) is 12.7. The van der Waals surface area contributed by atoms with Gasteiger partial charge in [-0.05, 0) is 42.8 Å². The average Bonchev–Trinajstić information content (AvgIpc) is 2.67. The van der Waals surface area contributed by atoms with Crippen LogP contribution in [0.3, 0.4) is 0 Å². The number of nitrogens with zero attached hydrogens (tertiary/aromatic N) is 1. The summed E-state index contributed by atoms with van der Waals surface area (Å²) >= 11 is 0. The molecule has 3 aromatic rings. The number of pyridine rings is 1. The van der Waals surface area contributed by atoms with E-state index in [2.05, 4.69) is 29.4 Å². The summed E-state index contributed by atoms with van der Waals surface area (Å²) < 4.78 is 5.82. The van der Waals surface area contributed by atoms with Crippen LogP contribution in [-0.4, -0.2) is 17.4 Å². The molecule has 0 aliphatic carbocycles. The molecule has 1 aromatic heterocycles. The van der Waals surface area contributed by atoms with E-state index in [-0.39, 0.29) is 5.91 Å². The standard InChI is InChI=1S/C22H22N2O2/c1-17-6-4-7-18(14-17)16-26-21-10-5-8-19(15-21)22(25)24-13-11-20-9-2-3-12-23-20/h2-10,12,14-15H,11,13,16H2,1H3,(H,24,25). The van der Waals surface area contributed by atoms with Gasteiger partial charge in [0.05, 0.1) is 0 Å². The first kappa shape index (κ1) is 17.7. The minimum atomic E-state index is -0.109. The van der Waals surface area contributed by atoms with Gasteiger partial charge >= 0.3 is 0 Å². The average molecular weight is 346 g/mol. The van der Waals surface area contributed by atoms with Crippen LogP contribution in [0.25, 0.3) is 0 Å². The smallest absolute Gasteiger partial charge is 0.251 e. The third-order valence-corrected chi connectivity index (χ3v) is 3.98. The van der Waals surface area contributed by atoms with Crippen molar-refractivity contribution in [2.45, 2.75) is 20.0 Å². The third kappa shape index (κ3) is 5.18. The number of hydrogen-bond acceptors (Lipinski definition) is 3. The molecule has 2 aromatic carbocycles. The molecule has 0 bridgehead atoms. The summed E-state index contributed by atoms with van der Waals surface area (Å²) in [7, 11) is 0. The topological polar surface area (TPSA) is 51.2 Å². The number of rotatable bonds is 7. The van der Waals surface area contributed by atoms with E-state index < -0.39 is 0 Å². The van der Waals surface area contributed by atoms with Crippen LogP contribution in [0.2, 0.25) is 0 Å². The summed E-state index contributed by atoms with van der Waals surface area (Å²) in [4.78, 5) is 16.6. The fourth-order valence-corrected chi connectivity index (χ4v) is 2.65. The molecule has 0 saturated carbocycles. The highest BCUT2D eigenvalue weighted by atomic mass is 16.5. The molecule has 1 amide bonds. The van der Waals surface area contributed by atoms with E-state index >= 15 is 0 Å². The number of amides is 1. The zero-order valence-corrected chi connectivity index (χ0v) is 14.8. The zero-order chi connectivity index (χ0) is 18.2. The van der Waals surface area contributed by atoms with Crippen LogP contribution in [0.5, 0.6) is 5.75 Å². The number of ether oxygens (including phenoxy) is 1. The van der Waals surface area contributed by atoms with Crippen molar-refractivity contribution in [2.75, 3.05) is 6.54 Å². The van der Waals surface area contributed by atoms with Crippen molar-refractivity contribution in [3.63, 3.8) is 0 Å². The number of aromatic nitrogens is 1. The summed E-state index contributed by atoms with van der Waals surface area (Å²) in [6.45, 7) is 3.08. The Morgan fingerprint density at radius 2 is 1.92 bits per heavy atom. The van der Waals surface area contributed by atoms with Gasteiger partial charge in [-0.2, -0.15) is 0 Å². The normalized spacial score (nSPS) is 10.3. The molecule has 0 unspecified atom stereocenters. The molecule has 3 rings (SSSR count). The lowest BCUT2D eigenvalue weighted by atomic mass is 10.1. The first-order valence-electron chi connectivity index (χ1n) is 8.67. The molecule has 0 saturated heterocycles. The summed E-state index contributed by atoms with van der Waals surface area (Å²) in [5, 5.41) is 2.92. The monoisotopic (exact) mass is 346 g/mol. The van der Waals surface area contributed by atoms with Crippen LogP contribution < -0.4 is 10.1 Å². The lowest BCUT2D eigenvalue weighted by Crippen LogP contribution is -2.25. The molecule has 132 valence electrons. The van der Waals surface area contributed by atoms with Crippen LogP contribution in [0.15, 0.2) is 72.9 Å². The zero-order valence-electron chi connectivity index (χ0n) is 14.8. The van der Waals surface area contributed by atoms with Gasteiger partial charge in [0.1, 0.15) is 12.4 Å². The van der Waals surface area contributed by atoms with Crippen LogP contribution >= 0.6 is 0 Å². The minimum Gasteiger partial charge on any atom is -0.489 e. The van der Waals surface area contributed by atoms with E-state index in [0.29, 0.717) is 30.9 Å². The van der Waals surface area contributed by atoms with Crippen molar-refractivity contribution in [1.29, 1.82) is 0 Å². The van der Waals surface area contributed by atoms with Gasteiger partial charge in [-0.1, -0.05) is 42.0 Å². The highest BCUT2D eigenvalue weighted by molar-refractivity contribution is 5.94. The summed E-state index contributed by atoms with van der Waals surface area (Å²) in [5.41, 5.74) is 3.86. The molecule has 0 radical (unpaired) electrons. The summed E-state index contributed by atoms with van der Waals surface area (Å²) in [5.74, 6) is 0.575. The lowest BCUT2D eigenvalue weighted by Gasteiger charge is -2.09. The highest BCUT2D eigenvalue weighted by Crippen LogP contribution is 2.16. The van der Waals surface area contributed by atoms with E-state index in [0.717, 1.165) is 11.3 Å². The predicted octanol–water partition coefficient (Wildman–Crippen LogP) is 3.94. The largest absolute Gasteiger partial charge is 0.489 e. The Morgan fingerprint density at radius 3 is 2.73 bits per heavy atom. The van der Waals surface area contributed by atoms with Gasteiger partial charge in [0.15, 0.2) is 0 Å². The van der Waals surface area contributed by atoms with Gasteiger partial charge < -0.3 is 10.1 Å². The van der Waals surface area contributed by atoms with Crippen molar-refractivity contribution >= 4 is 5.91 Å². The van der Waals surface area contributed by atoms with E-state index in [4.69, 9.17) is 4.74 Å². The number of nitrogens with one attached hydrogen (secondary N) is 1.